The monoisotopic (exact) mass is 410 g/mol. The Labute approximate surface area is 166 Å². The topological polar surface area (TPSA) is 114 Å². The van der Waals surface area contributed by atoms with Crippen LogP contribution >= 0.6 is 22.7 Å². The van der Waals surface area contributed by atoms with E-state index in [1.54, 1.807) is 16.9 Å². The van der Waals surface area contributed by atoms with E-state index < -0.39 is 0 Å². The first-order valence-electron chi connectivity index (χ1n) is 8.44. The van der Waals surface area contributed by atoms with Crippen LogP contribution in [-0.4, -0.2) is 34.3 Å². The van der Waals surface area contributed by atoms with Gasteiger partial charge in [0.2, 0.25) is 0 Å². The first-order chi connectivity index (χ1) is 13.6. The van der Waals surface area contributed by atoms with Crippen LogP contribution in [0.4, 0.5) is 5.82 Å². The van der Waals surface area contributed by atoms with Crippen LogP contribution in [0.1, 0.15) is 24.4 Å². The molecule has 0 saturated carbocycles. The number of hydrogen-bond acceptors (Lipinski definition) is 9. The van der Waals surface area contributed by atoms with E-state index in [-0.39, 0.29) is 11.6 Å². The molecule has 0 radical (unpaired) electrons. The van der Waals surface area contributed by atoms with Crippen LogP contribution in [-0.2, 0) is 0 Å². The molecule has 0 aliphatic carbocycles. The van der Waals surface area contributed by atoms with Crippen LogP contribution in [0.2, 0.25) is 0 Å². The minimum atomic E-state index is -0.291. The van der Waals surface area contributed by atoms with E-state index in [1.165, 1.54) is 29.0 Å². The fourth-order valence-corrected chi connectivity index (χ4v) is 4.65. The van der Waals surface area contributed by atoms with Gasteiger partial charge >= 0.3 is 0 Å². The highest BCUT2D eigenvalue weighted by Crippen LogP contribution is 2.30. The molecule has 0 spiro atoms. The molecule has 0 bridgehead atoms. The van der Waals surface area contributed by atoms with Gasteiger partial charge in [0.15, 0.2) is 16.4 Å². The molecule has 0 aromatic carbocycles. The maximum Gasteiger partial charge on any atom is 0.269 e. The fraction of sp³-hybridized carbons (Fsp3) is 0.176. The molecule has 140 valence electrons. The molecule has 5 rings (SSSR count). The number of rotatable bonds is 4. The fourth-order valence-electron chi connectivity index (χ4n) is 3.11. The highest BCUT2D eigenvalue weighted by molar-refractivity contribution is 7.15. The second-order valence-electron chi connectivity index (χ2n) is 6.20. The number of thiazole rings is 2. The molecule has 2 N–H and O–H groups in total. The Kier molecular flexibility index (Phi) is 3.91. The molecule has 5 aromatic rings. The van der Waals surface area contributed by atoms with Crippen LogP contribution in [0.25, 0.3) is 26.7 Å². The first kappa shape index (κ1) is 17.0. The van der Waals surface area contributed by atoms with Gasteiger partial charge in [-0.3, -0.25) is 9.20 Å². The minimum absolute atomic E-state index is 0.114. The van der Waals surface area contributed by atoms with Gasteiger partial charge in [0, 0.05) is 22.7 Å². The average molecular weight is 410 g/mol. The first-order valence-corrected chi connectivity index (χ1v) is 10.2. The second-order valence-corrected chi connectivity index (χ2v) is 7.93. The molecule has 0 amide bonds. The van der Waals surface area contributed by atoms with Crippen LogP contribution in [0.3, 0.4) is 0 Å². The summed E-state index contributed by atoms with van der Waals surface area (Å²) in [6.07, 6.45) is 4.71. The van der Waals surface area contributed by atoms with E-state index in [1.807, 2.05) is 24.6 Å². The zero-order chi connectivity index (χ0) is 19.3. The summed E-state index contributed by atoms with van der Waals surface area (Å²) < 4.78 is 1.63. The van der Waals surface area contributed by atoms with Crippen molar-refractivity contribution >= 4 is 44.6 Å². The highest BCUT2D eigenvalue weighted by atomic mass is 32.1. The maximum absolute atomic E-state index is 13.3. The van der Waals surface area contributed by atoms with Crippen molar-refractivity contribution in [2.45, 2.75) is 19.9 Å². The number of nitrogens with one attached hydrogen (secondary N) is 2. The number of aryl methyl sites for hydroxylation is 1. The zero-order valence-electron chi connectivity index (χ0n) is 14.9. The molecule has 0 aliphatic rings. The lowest BCUT2D eigenvalue weighted by Gasteiger charge is -2.17. The van der Waals surface area contributed by atoms with E-state index in [0.29, 0.717) is 38.2 Å². The Morgan fingerprint density at radius 1 is 1.21 bits per heavy atom. The molecular formula is C17H14N8OS2. The van der Waals surface area contributed by atoms with Gasteiger partial charge in [0.25, 0.3) is 5.56 Å². The minimum Gasteiger partial charge on any atom is -0.360 e. The average Bonchev–Trinajstić information content (AvgIpc) is 3.42. The third-order valence-corrected chi connectivity index (χ3v) is 6.13. The van der Waals surface area contributed by atoms with Gasteiger partial charge in [-0.15, -0.1) is 22.7 Å². The Morgan fingerprint density at radius 3 is 2.93 bits per heavy atom. The molecule has 5 heterocycles. The zero-order valence-corrected chi connectivity index (χ0v) is 16.5. The van der Waals surface area contributed by atoms with E-state index in [0.717, 1.165) is 5.69 Å². The highest BCUT2D eigenvalue weighted by Gasteiger charge is 2.23. The number of H-pyrrole nitrogens is 1. The predicted octanol–water partition coefficient (Wildman–Crippen LogP) is 3.03. The van der Waals surface area contributed by atoms with E-state index in [4.69, 9.17) is 4.98 Å². The molecule has 1 unspecified atom stereocenters. The van der Waals surface area contributed by atoms with Crippen molar-refractivity contribution < 1.29 is 0 Å². The molecule has 11 heteroatoms. The number of aromatic nitrogens is 7. The summed E-state index contributed by atoms with van der Waals surface area (Å²) in [4.78, 5) is 38.7. The molecule has 0 aliphatic heterocycles. The van der Waals surface area contributed by atoms with Gasteiger partial charge in [-0.2, -0.15) is 0 Å². The van der Waals surface area contributed by atoms with E-state index >= 15 is 0 Å². The smallest absolute Gasteiger partial charge is 0.269 e. The maximum atomic E-state index is 13.3. The Balaban J connectivity index is 1.68. The SMILES string of the molecule is Cc1csc2nc(C(C)Nc3ncnc4nc[nH]c34)c(-c3nccs3)c(=O)n12. The summed E-state index contributed by atoms with van der Waals surface area (Å²) in [5, 5.41) is 7.76. The number of anilines is 1. The van der Waals surface area contributed by atoms with Crippen LogP contribution in [0.15, 0.2) is 34.4 Å². The molecular weight excluding hydrogens is 396 g/mol. The van der Waals surface area contributed by atoms with Crippen molar-refractivity contribution in [2.75, 3.05) is 5.32 Å². The lowest BCUT2D eigenvalue weighted by Crippen LogP contribution is -2.23. The van der Waals surface area contributed by atoms with Gasteiger partial charge < -0.3 is 10.3 Å². The summed E-state index contributed by atoms with van der Waals surface area (Å²) in [7, 11) is 0. The molecule has 0 fully saturated rings. The molecule has 5 aromatic heterocycles. The third kappa shape index (κ3) is 2.59. The van der Waals surface area contributed by atoms with Crippen molar-refractivity contribution in [3.05, 3.63) is 51.4 Å². The lowest BCUT2D eigenvalue weighted by atomic mass is 10.1. The molecule has 28 heavy (non-hydrogen) atoms. The van der Waals surface area contributed by atoms with E-state index in [9.17, 15) is 4.79 Å². The lowest BCUT2D eigenvalue weighted by molar-refractivity contribution is 0.825. The second kappa shape index (κ2) is 6.46. The summed E-state index contributed by atoms with van der Waals surface area (Å²) in [6.45, 7) is 3.84. The van der Waals surface area contributed by atoms with Crippen LogP contribution < -0.4 is 10.9 Å². The Hall–Kier alpha value is -3.18. The number of hydrogen-bond donors (Lipinski definition) is 2. The van der Waals surface area contributed by atoms with Crippen molar-refractivity contribution in [3.8, 4) is 10.6 Å². The van der Waals surface area contributed by atoms with Gasteiger partial charge in [-0.05, 0) is 13.8 Å². The molecule has 0 saturated heterocycles. The Bertz CT molecular complexity index is 1350. The summed E-state index contributed by atoms with van der Waals surface area (Å²) in [6, 6.07) is -0.291. The van der Waals surface area contributed by atoms with Crippen molar-refractivity contribution in [3.63, 3.8) is 0 Å². The number of fused-ring (bicyclic) bond motifs is 2. The van der Waals surface area contributed by atoms with Crippen molar-refractivity contribution in [2.24, 2.45) is 0 Å². The summed E-state index contributed by atoms with van der Waals surface area (Å²) >= 11 is 2.86. The van der Waals surface area contributed by atoms with Gasteiger partial charge in [-0.1, -0.05) is 0 Å². The van der Waals surface area contributed by atoms with Gasteiger partial charge in [0.1, 0.15) is 16.9 Å². The summed E-state index contributed by atoms with van der Waals surface area (Å²) in [5.74, 6) is 0.601. The Morgan fingerprint density at radius 2 is 2.11 bits per heavy atom. The standard InChI is InChI=1S/C17H14N8OS2/c1-8-5-28-17-24-11(10(16(26)25(8)17)15-18-3-4-27-15)9(2)23-14-12-13(20-6-19-12)21-7-22-14/h3-7,9H,1-2H3,(H2,19,20,21,22,23). The quantitative estimate of drug-likeness (QED) is 0.468. The molecule has 1 atom stereocenters. The van der Waals surface area contributed by atoms with Crippen molar-refractivity contribution in [1.82, 2.24) is 34.3 Å². The van der Waals surface area contributed by atoms with Gasteiger partial charge in [0.05, 0.1) is 23.6 Å². The predicted molar refractivity (Wildman–Crippen MR) is 109 cm³/mol. The largest absolute Gasteiger partial charge is 0.360 e. The summed E-state index contributed by atoms with van der Waals surface area (Å²) in [5.41, 5.74) is 3.16. The van der Waals surface area contributed by atoms with Crippen LogP contribution in [0.5, 0.6) is 0 Å². The van der Waals surface area contributed by atoms with Crippen molar-refractivity contribution in [1.29, 1.82) is 0 Å². The third-order valence-electron chi connectivity index (χ3n) is 4.40. The van der Waals surface area contributed by atoms with Gasteiger partial charge in [-0.25, -0.2) is 24.9 Å². The molecule has 9 nitrogen and oxygen atoms in total. The normalized spacial score (nSPS) is 12.6. The van der Waals surface area contributed by atoms with Crippen LogP contribution in [0, 0.1) is 6.92 Å². The number of imidazole rings is 1. The number of aromatic amines is 1. The number of nitrogens with zero attached hydrogens (tertiary/aromatic N) is 6. The van der Waals surface area contributed by atoms with E-state index in [2.05, 4.69) is 30.2 Å².